The topological polar surface area (TPSA) is 15.3 Å². The van der Waals surface area contributed by atoms with Crippen LogP contribution in [0, 0.1) is 6.92 Å². The lowest BCUT2D eigenvalue weighted by Crippen LogP contribution is -2.25. The van der Waals surface area contributed by atoms with Crippen LogP contribution in [0.2, 0.25) is 0 Å². The molecule has 21 heavy (non-hydrogen) atoms. The molecule has 0 saturated carbocycles. The van der Waals surface area contributed by atoms with E-state index in [1.54, 1.807) is 0 Å². The largest absolute Gasteiger partial charge is 0.375 e. The first-order valence-corrected chi connectivity index (χ1v) is 8.10. The fraction of sp³-hybridized carbons (Fsp3) is 0.333. The lowest BCUT2D eigenvalue weighted by Gasteiger charge is -2.23. The van der Waals surface area contributed by atoms with Gasteiger partial charge in [0.05, 0.1) is 0 Å². The molecule has 1 N–H and O–H groups in total. The predicted octanol–water partition coefficient (Wildman–Crippen LogP) is 4.54. The number of nitrogens with zero attached hydrogens (tertiary/aromatic N) is 1. The molecule has 0 amide bonds. The number of halogens is 1. The molecule has 2 aromatic rings. The van der Waals surface area contributed by atoms with E-state index in [4.69, 9.17) is 0 Å². The van der Waals surface area contributed by atoms with Crippen LogP contribution in [0.4, 0.5) is 5.69 Å². The van der Waals surface area contributed by atoms with E-state index in [-0.39, 0.29) is 0 Å². The molecule has 1 atom stereocenters. The van der Waals surface area contributed by atoms with Crippen LogP contribution >= 0.6 is 15.9 Å². The third-order valence-electron chi connectivity index (χ3n) is 3.83. The van der Waals surface area contributed by atoms with Gasteiger partial charge in [-0.3, -0.25) is 0 Å². The van der Waals surface area contributed by atoms with Gasteiger partial charge in [-0.15, -0.1) is 0 Å². The van der Waals surface area contributed by atoms with Crippen molar-refractivity contribution in [3.63, 3.8) is 0 Å². The Kier molecular flexibility index (Phi) is 5.83. The monoisotopic (exact) mass is 346 g/mol. The Bertz CT molecular complexity index is 566. The number of anilines is 1. The molecule has 0 fully saturated rings. The summed E-state index contributed by atoms with van der Waals surface area (Å²) in [7, 11) is 4.18. The van der Waals surface area contributed by atoms with Crippen molar-refractivity contribution in [1.82, 2.24) is 5.32 Å². The van der Waals surface area contributed by atoms with Gasteiger partial charge in [0.15, 0.2) is 0 Å². The van der Waals surface area contributed by atoms with E-state index < -0.39 is 0 Å². The molecular formula is C18H23BrN2. The van der Waals surface area contributed by atoms with Crippen molar-refractivity contribution in [2.45, 2.75) is 19.4 Å². The third kappa shape index (κ3) is 4.58. The maximum atomic E-state index is 3.54. The first kappa shape index (κ1) is 16.1. The maximum Gasteiger partial charge on any atom is 0.0363 e. The minimum atomic E-state index is 0.371. The van der Waals surface area contributed by atoms with Gasteiger partial charge in [0, 0.05) is 29.8 Å². The van der Waals surface area contributed by atoms with Crippen LogP contribution in [0.5, 0.6) is 0 Å². The second-order valence-electron chi connectivity index (χ2n) is 5.44. The summed E-state index contributed by atoms with van der Waals surface area (Å²) in [6.45, 7) is 3.13. The SMILES string of the molecule is CNC(CCN(C)c1ccc(C)cc1)c1cccc(Br)c1. The summed E-state index contributed by atoms with van der Waals surface area (Å²) in [5.74, 6) is 0. The molecule has 1 unspecified atom stereocenters. The molecule has 0 saturated heterocycles. The summed E-state index contributed by atoms with van der Waals surface area (Å²) in [4.78, 5) is 2.31. The van der Waals surface area contributed by atoms with Crippen LogP contribution in [-0.2, 0) is 0 Å². The van der Waals surface area contributed by atoms with Crippen LogP contribution in [-0.4, -0.2) is 20.6 Å². The zero-order chi connectivity index (χ0) is 15.2. The van der Waals surface area contributed by atoms with E-state index in [0.29, 0.717) is 6.04 Å². The second kappa shape index (κ2) is 7.62. The smallest absolute Gasteiger partial charge is 0.0363 e. The number of aryl methyl sites for hydroxylation is 1. The van der Waals surface area contributed by atoms with E-state index in [2.05, 4.69) is 88.6 Å². The van der Waals surface area contributed by atoms with Gasteiger partial charge >= 0.3 is 0 Å². The number of hydrogen-bond acceptors (Lipinski definition) is 2. The van der Waals surface area contributed by atoms with Gasteiger partial charge in [-0.2, -0.15) is 0 Å². The quantitative estimate of drug-likeness (QED) is 0.825. The average Bonchev–Trinajstić information content (AvgIpc) is 2.48. The third-order valence-corrected chi connectivity index (χ3v) is 4.32. The molecular weight excluding hydrogens is 324 g/mol. The Labute approximate surface area is 136 Å². The van der Waals surface area contributed by atoms with E-state index in [9.17, 15) is 0 Å². The van der Waals surface area contributed by atoms with E-state index in [1.165, 1.54) is 16.8 Å². The Morgan fingerprint density at radius 1 is 1.14 bits per heavy atom. The average molecular weight is 347 g/mol. The summed E-state index contributed by atoms with van der Waals surface area (Å²) < 4.78 is 1.13. The predicted molar refractivity (Wildman–Crippen MR) is 95.0 cm³/mol. The van der Waals surface area contributed by atoms with Gasteiger partial charge in [0.25, 0.3) is 0 Å². The molecule has 0 aromatic heterocycles. The minimum Gasteiger partial charge on any atom is -0.375 e. The van der Waals surface area contributed by atoms with Gasteiger partial charge in [0.1, 0.15) is 0 Å². The second-order valence-corrected chi connectivity index (χ2v) is 6.36. The Morgan fingerprint density at radius 2 is 1.86 bits per heavy atom. The summed E-state index contributed by atoms with van der Waals surface area (Å²) in [6, 6.07) is 17.6. The molecule has 112 valence electrons. The Hall–Kier alpha value is -1.32. The van der Waals surface area contributed by atoms with Crippen molar-refractivity contribution >= 4 is 21.6 Å². The lowest BCUT2D eigenvalue weighted by molar-refractivity contribution is 0.549. The molecule has 3 heteroatoms. The number of hydrogen-bond donors (Lipinski definition) is 1. The molecule has 0 spiro atoms. The fourth-order valence-corrected chi connectivity index (χ4v) is 2.87. The van der Waals surface area contributed by atoms with Crippen molar-refractivity contribution in [3.05, 3.63) is 64.1 Å². The minimum absolute atomic E-state index is 0.371. The highest BCUT2D eigenvalue weighted by molar-refractivity contribution is 9.10. The summed E-state index contributed by atoms with van der Waals surface area (Å²) in [6.07, 6.45) is 1.07. The van der Waals surface area contributed by atoms with Crippen molar-refractivity contribution in [2.24, 2.45) is 0 Å². The van der Waals surface area contributed by atoms with Crippen molar-refractivity contribution in [3.8, 4) is 0 Å². The lowest BCUT2D eigenvalue weighted by atomic mass is 10.0. The summed E-state index contributed by atoms with van der Waals surface area (Å²) in [5.41, 5.74) is 3.89. The highest BCUT2D eigenvalue weighted by Crippen LogP contribution is 2.22. The number of nitrogens with one attached hydrogen (secondary N) is 1. The first-order valence-electron chi connectivity index (χ1n) is 7.30. The van der Waals surface area contributed by atoms with Gasteiger partial charge in [-0.25, -0.2) is 0 Å². The Morgan fingerprint density at radius 3 is 2.48 bits per heavy atom. The van der Waals surface area contributed by atoms with Crippen molar-refractivity contribution < 1.29 is 0 Å². The number of rotatable bonds is 6. The van der Waals surface area contributed by atoms with Gasteiger partial charge in [0.2, 0.25) is 0 Å². The normalized spacial score (nSPS) is 12.2. The molecule has 2 aromatic carbocycles. The molecule has 2 rings (SSSR count). The zero-order valence-corrected chi connectivity index (χ0v) is 14.5. The fourth-order valence-electron chi connectivity index (χ4n) is 2.45. The highest BCUT2D eigenvalue weighted by atomic mass is 79.9. The van der Waals surface area contributed by atoms with Gasteiger partial charge < -0.3 is 10.2 Å². The first-order chi connectivity index (χ1) is 10.1. The highest BCUT2D eigenvalue weighted by Gasteiger charge is 2.11. The van der Waals surface area contributed by atoms with E-state index in [0.717, 1.165) is 17.4 Å². The van der Waals surface area contributed by atoms with E-state index >= 15 is 0 Å². The van der Waals surface area contributed by atoms with Crippen LogP contribution < -0.4 is 10.2 Å². The molecule has 0 bridgehead atoms. The van der Waals surface area contributed by atoms with Crippen LogP contribution in [0.25, 0.3) is 0 Å². The van der Waals surface area contributed by atoms with Gasteiger partial charge in [-0.05, 0) is 50.2 Å². The van der Waals surface area contributed by atoms with Crippen LogP contribution in [0.3, 0.4) is 0 Å². The molecule has 0 aliphatic heterocycles. The van der Waals surface area contributed by atoms with Crippen molar-refractivity contribution in [1.29, 1.82) is 0 Å². The molecule has 2 nitrogen and oxygen atoms in total. The molecule has 0 heterocycles. The van der Waals surface area contributed by atoms with Crippen molar-refractivity contribution in [2.75, 3.05) is 25.5 Å². The number of benzene rings is 2. The Balaban J connectivity index is 1.98. The van der Waals surface area contributed by atoms with Gasteiger partial charge in [-0.1, -0.05) is 45.8 Å². The standard InChI is InChI=1S/C18H23BrN2/c1-14-7-9-17(10-8-14)21(3)12-11-18(20-2)15-5-4-6-16(19)13-15/h4-10,13,18,20H,11-12H2,1-3H3. The molecule has 0 aliphatic rings. The van der Waals surface area contributed by atoms with Crippen LogP contribution in [0.1, 0.15) is 23.6 Å². The summed E-state index contributed by atoms with van der Waals surface area (Å²) >= 11 is 3.54. The molecule has 0 radical (unpaired) electrons. The maximum absolute atomic E-state index is 3.54. The zero-order valence-electron chi connectivity index (χ0n) is 12.9. The van der Waals surface area contributed by atoms with E-state index in [1.807, 2.05) is 7.05 Å². The van der Waals surface area contributed by atoms with Crippen LogP contribution in [0.15, 0.2) is 53.0 Å². The summed E-state index contributed by atoms with van der Waals surface area (Å²) in [5, 5.41) is 3.41. The molecule has 0 aliphatic carbocycles.